The van der Waals surface area contributed by atoms with Crippen LogP contribution >= 0.6 is 23.2 Å². The number of amides is 1. The Kier molecular flexibility index (Phi) is 6.91. The van der Waals surface area contributed by atoms with Gasteiger partial charge in [0.05, 0.1) is 22.3 Å². The topological polar surface area (TPSA) is 41.1 Å². The zero-order valence-electron chi connectivity index (χ0n) is 10.4. The van der Waals surface area contributed by atoms with Gasteiger partial charge in [0.15, 0.2) is 0 Å². The SMILES string of the molecule is CCCCCNC(=O)CNc1cccc(Cl)c1Cl. The predicted octanol–water partition coefficient (Wildman–Crippen LogP) is 3.71. The van der Waals surface area contributed by atoms with Crippen LogP contribution in [0.1, 0.15) is 26.2 Å². The number of unbranched alkanes of at least 4 members (excludes halogenated alkanes) is 2. The van der Waals surface area contributed by atoms with Gasteiger partial charge in [-0.2, -0.15) is 0 Å². The Morgan fingerprint density at radius 3 is 2.78 bits per heavy atom. The fourth-order valence-electron chi connectivity index (χ4n) is 1.48. The lowest BCUT2D eigenvalue weighted by Gasteiger charge is -2.09. The zero-order chi connectivity index (χ0) is 13.4. The smallest absolute Gasteiger partial charge is 0.239 e. The van der Waals surface area contributed by atoms with Crippen molar-refractivity contribution in [2.45, 2.75) is 26.2 Å². The summed E-state index contributed by atoms with van der Waals surface area (Å²) < 4.78 is 0. The molecule has 18 heavy (non-hydrogen) atoms. The molecule has 0 aliphatic carbocycles. The Morgan fingerprint density at radius 1 is 1.28 bits per heavy atom. The molecule has 0 spiro atoms. The van der Waals surface area contributed by atoms with Gasteiger partial charge in [0.1, 0.15) is 0 Å². The summed E-state index contributed by atoms with van der Waals surface area (Å²) in [5, 5.41) is 6.73. The summed E-state index contributed by atoms with van der Waals surface area (Å²) in [7, 11) is 0. The van der Waals surface area contributed by atoms with Crippen molar-refractivity contribution in [2.75, 3.05) is 18.4 Å². The molecule has 0 fully saturated rings. The molecular formula is C13H18Cl2N2O. The minimum absolute atomic E-state index is 0.0397. The van der Waals surface area contributed by atoms with Gasteiger partial charge in [0.25, 0.3) is 0 Å². The summed E-state index contributed by atoms with van der Waals surface area (Å²) in [5.74, 6) is -0.0397. The maximum atomic E-state index is 11.5. The van der Waals surface area contributed by atoms with E-state index in [0.29, 0.717) is 15.7 Å². The number of nitrogens with one attached hydrogen (secondary N) is 2. The van der Waals surface area contributed by atoms with Crippen molar-refractivity contribution in [3.8, 4) is 0 Å². The Balaban J connectivity index is 2.32. The minimum atomic E-state index is -0.0397. The molecule has 5 heteroatoms. The molecule has 0 heterocycles. The lowest BCUT2D eigenvalue weighted by atomic mass is 10.2. The first-order valence-electron chi connectivity index (χ1n) is 6.09. The molecule has 2 N–H and O–H groups in total. The summed E-state index contributed by atoms with van der Waals surface area (Å²) >= 11 is 11.9. The molecular weight excluding hydrogens is 271 g/mol. The third-order valence-corrected chi connectivity index (χ3v) is 3.31. The second-order valence-corrected chi connectivity index (χ2v) is 4.80. The molecule has 1 rings (SSSR count). The van der Waals surface area contributed by atoms with E-state index in [1.165, 1.54) is 0 Å². The summed E-state index contributed by atoms with van der Waals surface area (Å²) in [4.78, 5) is 11.5. The van der Waals surface area contributed by atoms with Crippen molar-refractivity contribution in [1.82, 2.24) is 5.32 Å². The molecule has 0 bridgehead atoms. The molecule has 0 unspecified atom stereocenters. The highest BCUT2D eigenvalue weighted by molar-refractivity contribution is 6.43. The average molecular weight is 289 g/mol. The van der Waals surface area contributed by atoms with Gasteiger partial charge in [-0.25, -0.2) is 0 Å². The summed E-state index contributed by atoms with van der Waals surface area (Å²) in [6.45, 7) is 3.05. The zero-order valence-corrected chi connectivity index (χ0v) is 11.9. The van der Waals surface area contributed by atoms with Crippen LogP contribution in [-0.2, 0) is 4.79 Å². The monoisotopic (exact) mass is 288 g/mol. The maximum absolute atomic E-state index is 11.5. The van der Waals surface area contributed by atoms with Crippen LogP contribution in [-0.4, -0.2) is 19.0 Å². The Bertz CT molecular complexity index is 397. The average Bonchev–Trinajstić information content (AvgIpc) is 2.36. The summed E-state index contributed by atoms with van der Waals surface area (Å²) in [6.07, 6.45) is 3.29. The van der Waals surface area contributed by atoms with Crippen molar-refractivity contribution in [1.29, 1.82) is 0 Å². The normalized spacial score (nSPS) is 10.2. The van der Waals surface area contributed by atoms with Crippen LogP contribution in [0.15, 0.2) is 18.2 Å². The number of rotatable bonds is 7. The number of carbonyl (C=O) groups excluding carboxylic acids is 1. The minimum Gasteiger partial charge on any atom is -0.375 e. The lowest BCUT2D eigenvalue weighted by Crippen LogP contribution is -2.30. The van der Waals surface area contributed by atoms with Crippen LogP contribution in [0.3, 0.4) is 0 Å². The molecule has 0 saturated carbocycles. The van der Waals surface area contributed by atoms with E-state index in [1.807, 2.05) is 0 Å². The number of benzene rings is 1. The maximum Gasteiger partial charge on any atom is 0.239 e. The first-order chi connectivity index (χ1) is 8.65. The van der Waals surface area contributed by atoms with E-state index in [4.69, 9.17) is 23.2 Å². The van der Waals surface area contributed by atoms with Crippen LogP contribution in [0.5, 0.6) is 0 Å². The van der Waals surface area contributed by atoms with Gasteiger partial charge in [-0.1, -0.05) is 49.0 Å². The van der Waals surface area contributed by atoms with Gasteiger partial charge < -0.3 is 10.6 Å². The van der Waals surface area contributed by atoms with Crippen molar-refractivity contribution in [3.05, 3.63) is 28.2 Å². The summed E-state index contributed by atoms with van der Waals surface area (Å²) in [5.41, 5.74) is 0.674. The molecule has 1 amide bonds. The molecule has 0 aromatic heterocycles. The largest absolute Gasteiger partial charge is 0.375 e. The summed E-state index contributed by atoms with van der Waals surface area (Å²) in [6, 6.07) is 5.29. The molecule has 1 aromatic rings. The number of carbonyl (C=O) groups is 1. The fraction of sp³-hybridized carbons (Fsp3) is 0.462. The number of hydrogen-bond donors (Lipinski definition) is 2. The van der Waals surface area contributed by atoms with Crippen LogP contribution < -0.4 is 10.6 Å². The second-order valence-electron chi connectivity index (χ2n) is 4.01. The van der Waals surface area contributed by atoms with E-state index >= 15 is 0 Å². The van der Waals surface area contributed by atoms with E-state index in [1.54, 1.807) is 18.2 Å². The van der Waals surface area contributed by atoms with Crippen LogP contribution in [0, 0.1) is 0 Å². The third kappa shape index (κ3) is 5.15. The van der Waals surface area contributed by atoms with Crippen molar-refractivity contribution < 1.29 is 4.79 Å². The molecule has 0 aliphatic rings. The molecule has 0 saturated heterocycles. The van der Waals surface area contributed by atoms with E-state index in [9.17, 15) is 4.79 Å². The number of hydrogen-bond acceptors (Lipinski definition) is 2. The third-order valence-electron chi connectivity index (χ3n) is 2.49. The van der Waals surface area contributed by atoms with Crippen LogP contribution in [0.2, 0.25) is 10.0 Å². The molecule has 3 nitrogen and oxygen atoms in total. The standard InChI is InChI=1S/C13H18Cl2N2O/c1-2-3-4-8-16-12(18)9-17-11-7-5-6-10(14)13(11)15/h5-7,17H,2-4,8-9H2,1H3,(H,16,18). The highest BCUT2D eigenvalue weighted by atomic mass is 35.5. The molecule has 100 valence electrons. The molecule has 0 atom stereocenters. The van der Waals surface area contributed by atoms with Crippen LogP contribution in [0.25, 0.3) is 0 Å². The number of anilines is 1. The van der Waals surface area contributed by atoms with Gasteiger partial charge in [-0.3, -0.25) is 4.79 Å². The van der Waals surface area contributed by atoms with E-state index in [-0.39, 0.29) is 12.5 Å². The first kappa shape index (κ1) is 15.1. The molecule has 1 aromatic carbocycles. The Labute approximate surface area is 118 Å². The van der Waals surface area contributed by atoms with Gasteiger partial charge in [-0.05, 0) is 18.6 Å². The fourth-order valence-corrected chi connectivity index (χ4v) is 1.85. The van der Waals surface area contributed by atoms with Crippen molar-refractivity contribution in [2.24, 2.45) is 0 Å². The molecule has 0 aliphatic heterocycles. The second kappa shape index (κ2) is 8.22. The van der Waals surface area contributed by atoms with Gasteiger partial charge in [0.2, 0.25) is 5.91 Å². The quantitative estimate of drug-likeness (QED) is 0.751. The van der Waals surface area contributed by atoms with Gasteiger partial charge >= 0.3 is 0 Å². The van der Waals surface area contributed by atoms with E-state index < -0.39 is 0 Å². The number of halogens is 2. The van der Waals surface area contributed by atoms with Gasteiger partial charge in [0, 0.05) is 6.54 Å². The highest BCUT2D eigenvalue weighted by Gasteiger charge is 2.05. The van der Waals surface area contributed by atoms with Crippen molar-refractivity contribution >= 4 is 34.8 Å². The van der Waals surface area contributed by atoms with E-state index in [2.05, 4.69) is 17.6 Å². The van der Waals surface area contributed by atoms with Crippen LogP contribution in [0.4, 0.5) is 5.69 Å². The van der Waals surface area contributed by atoms with Crippen molar-refractivity contribution in [3.63, 3.8) is 0 Å². The van der Waals surface area contributed by atoms with Gasteiger partial charge in [-0.15, -0.1) is 0 Å². The molecule has 0 radical (unpaired) electrons. The lowest BCUT2D eigenvalue weighted by molar-refractivity contribution is -0.119. The Morgan fingerprint density at radius 2 is 2.06 bits per heavy atom. The predicted molar refractivity (Wildman–Crippen MR) is 77.5 cm³/mol. The Hall–Kier alpha value is -0.930. The highest BCUT2D eigenvalue weighted by Crippen LogP contribution is 2.29. The van der Waals surface area contributed by atoms with E-state index in [0.717, 1.165) is 25.8 Å². The first-order valence-corrected chi connectivity index (χ1v) is 6.85.